The summed E-state index contributed by atoms with van der Waals surface area (Å²) in [6, 6.07) is 8.08. The van der Waals surface area contributed by atoms with Crippen molar-refractivity contribution in [1.29, 1.82) is 0 Å². The summed E-state index contributed by atoms with van der Waals surface area (Å²) >= 11 is 0. The zero-order valence-corrected chi connectivity index (χ0v) is 28.8. The molecule has 0 heterocycles. The van der Waals surface area contributed by atoms with Crippen molar-refractivity contribution in [3.05, 3.63) is 65.8 Å². The number of rotatable bonds is 10. The molecule has 4 fully saturated rings. The van der Waals surface area contributed by atoms with Gasteiger partial charge in [0.1, 0.15) is 17.6 Å². The lowest BCUT2D eigenvalue weighted by Crippen LogP contribution is -2.54. The molecule has 1 aromatic rings. The van der Waals surface area contributed by atoms with Crippen molar-refractivity contribution < 1.29 is 14.6 Å². The first-order chi connectivity index (χ1) is 21.6. The third kappa shape index (κ3) is 6.29. The Morgan fingerprint density at radius 2 is 1.73 bits per heavy atom. The molecule has 0 aliphatic heterocycles. The molecule has 246 valence electrons. The smallest absolute Gasteiger partial charge is 0.142 e. The summed E-state index contributed by atoms with van der Waals surface area (Å²) in [7, 11) is 0. The van der Waals surface area contributed by atoms with Gasteiger partial charge in [-0.3, -0.25) is 4.79 Å². The lowest BCUT2D eigenvalue weighted by atomic mass is 9.44. The molecule has 5 aliphatic rings. The summed E-state index contributed by atoms with van der Waals surface area (Å²) in [6.45, 7) is 12.7. The average Bonchev–Trinajstić information content (AvgIpc) is 3.38. The van der Waals surface area contributed by atoms with E-state index in [-0.39, 0.29) is 6.10 Å². The van der Waals surface area contributed by atoms with Crippen molar-refractivity contribution in [2.75, 3.05) is 0 Å². The van der Waals surface area contributed by atoms with E-state index in [0.717, 1.165) is 77.4 Å². The molecule has 1 N–H and O–H groups in total. The molecule has 6 rings (SSSR count). The van der Waals surface area contributed by atoms with Gasteiger partial charge in [-0.25, -0.2) is 0 Å². The fraction of sp³-hybridized carbons (Fsp3) is 0.690. The summed E-state index contributed by atoms with van der Waals surface area (Å²) in [6.07, 6.45) is 26.8. The Labute approximate surface area is 274 Å². The van der Waals surface area contributed by atoms with Gasteiger partial charge in [0.2, 0.25) is 0 Å². The number of fused-ring (bicyclic) bond motifs is 5. The first-order valence-electron chi connectivity index (χ1n) is 18.6. The van der Waals surface area contributed by atoms with Crippen LogP contribution in [-0.4, -0.2) is 17.5 Å². The van der Waals surface area contributed by atoms with E-state index in [0.29, 0.717) is 17.3 Å². The highest BCUT2D eigenvalue weighted by Crippen LogP contribution is 2.68. The normalized spacial score (nSPS) is 40.0. The van der Waals surface area contributed by atoms with E-state index in [1.54, 1.807) is 6.08 Å². The van der Waals surface area contributed by atoms with Gasteiger partial charge in [-0.05, 0) is 134 Å². The molecule has 10 atom stereocenters. The molecule has 3 unspecified atom stereocenters. The maximum absolute atomic E-state index is 11.7. The maximum Gasteiger partial charge on any atom is 0.142 e. The topological polar surface area (TPSA) is 46.5 Å². The molecule has 0 spiro atoms. The second-order valence-electron chi connectivity index (χ2n) is 16.9. The summed E-state index contributed by atoms with van der Waals surface area (Å²) < 4.78 is 6.82. The summed E-state index contributed by atoms with van der Waals surface area (Å²) in [5.41, 5.74) is 1.68. The molecular formula is C42H60O3. The van der Waals surface area contributed by atoms with Crippen LogP contribution in [0.15, 0.2) is 60.2 Å². The molecule has 3 heteroatoms. The van der Waals surface area contributed by atoms with Gasteiger partial charge in [0, 0.05) is 12.0 Å². The van der Waals surface area contributed by atoms with Gasteiger partial charge in [-0.15, -0.1) is 0 Å². The van der Waals surface area contributed by atoms with Gasteiger partial charge in [0.05, 0.1) is 6.10 Å². The number of para-hydroxylation sites is 1. The quantitative estimate of drug-likeness (QED) is 0.211. The van der Waals surface area contributed by atoms with Crippen molar-refractivity contribution in [2.24, 2.45) is 52.3 Å². The van der Waals surface area contributed by atoms with Crippen LogP contribution in [0.3, 0.4) is 0 Å². The van der Waals surface area contributed by atoms with Gasteiger partial charge in [-0.2, -0.15) is 0 Å². The molecule has 0 radical (unpaired) electrons. The largest absolute Gasteiger partial charge is 0.490 e. The fourth-order valence-corrected chi connectivity index (χ4v) is 11.6. The highest BCUT2D eigenvalue weighted by Gasteiger charge is 2.60. The summed E-state index contributed by atoms with van der Waals surface area (Å²) in [5.74, 6) is 6.90. The molecule has 4 saturated carbocycles. The highest BCUT2D eigenvalue weighted by molar-refractivity contribution is 5.66. The number of carbonyl (C=O) groups excluding carboxylic acids is 1. The Morgan fingerprint density at radius 1 is 0.956 bits per heavy atom. The molecular weight excluding hydrogens is 552 g/mol. The molecule has 5 aliphatic carbocycles. The molecule has 45 heavy (non-hydrogen) atoms. The van der Waals surface area contributed by atoms with E-state index >= 15 is 0 Å². The van der Waals surface area contributed by atoms with Crippen LogP contribution < -0.4 is 4.74 Å². The summed E-state index contributed by atoms with van der Waals surface area (Å²) in [4.78, 5) is 10.7. The Kier molecular flexibility index (Phi) is 9.60. The van der Waals surface area contributed by atoms with Crippen LogP contribution in [0, 0.1) is 52.3 Å². The van der Waals surface area contributed by atoms with E-state index in [1.165, 1.54) is 70.3 Å². The second-order valence-corrected chi connectivity index (χ2v) is 16.9. The molecule has 0 aromatic heterocycles. The minimum atomic E-state index is -1.10. The van der Waals surface area contributed by atoms with Crippen LogP contribution in [0.5, 0.6) is 5.75 Å². The number of aliphatic hydroxyl groups is 1. The maximum atomic E-state index is 11.7. The third-order valence-corrected chi connectivity index (χ3v) is 14.0. The minimum Gasteiger partial charge on any atom is -0.490 e. The average molecular weight is 613 g/mol. The van der Waals surface area contributed by atoms with Crippen molar-refractivity contribution >= 4 is 6.29 Å². The lowest BCUT2D eigenvalue weighted by Gasteiger charge is -2.61. The molecule has 3 nitrogen and oxygen atoms in total. The van der Waals surface area contributed by atoms with Gasteiger partial charge in [-0.1, -0.05) is 90.3 Å². The zero-order chi connectivity index (χ0) is 31.8. The fourth-order valence-electron chi connectivity index (χ4n) is 11.6. The Bertz CT molecular complexity index is 1290. The van der Waals surface area contributed by atoms with E-state index in [1.807, 2.05) is 42.5 Å². The molecule has 0 bridgehead atoms. The number of aldehydes is 1. The van der Waals surface area contributed by atoms with Gasteiger partial charge in [0.25, 0.3) is 0 Å². The van der Waals surface area contributed by atoms with Crippen LogP contribution in [0.1, 0.15) is 124 Å². The number of hydrogen-bond donors (Lipinski definition) is 1. The van der Waals surface area contributed by atoms with Crippen LogP contribution in [0.4, 0.5) is 0 Å². The van der Waals surface area contributed by atoms with Crippen molar-refractivity contribution in [3.63, 3.8) is 0 Å². The zero-order valence-electron chi connectivity index (χ0n) is 28.8. The predicted molar refractivity (Wildman–Crippen MR) is 185 cm³/mol. The van der Waals surface area contributed by atoms with Crippen LogP contribution >= 0.6 is 0 Å². The van der Waals surface area contributed by atoms with Crippen molar-refractivity contribution in [2.45, 2.75) is 130 Å². The van der Waals surface area contributed by atoms with Crippen LogP contribution in [-0.2, 0) is 10.4 Å². The number of hydrogen-bond acceptors (Lipinski definition) is 3. The van der Waals surface area contributed by atoms with Crippen molar-refractivity contribution in [3.8, 4) is 5.75 Å². The Hall–Kier alpha value is -2.13. The second kappa shape index (κ2) is 13.2. The van der Waals surface area contributed by atoms with Crippen LogP contribution in [0.2, 0.25) is 0 Å². The number of benzene rings is 1. The number of carbonyl (C=O) groups is 1. The first-order valence-corrected chi connectivity index (χ1v) is 18.6. The Balaban J connectivity index is 1.11. The standard InChI is InChI=1S/C42H60O3/c1-29(2)10-8-11-30(3)35-17-18-36-34-16-15-32-28-33(21-23-40(32,4)37(34)22-24-41(35,36)5)45-39-14-7-6-13-38(39)42(44)25-19-31(20-26-42)12-9-27-43/h6-7,9,12-14,19-20,25,27,29-30,32-37,44H,8,10-11,15-18,21-24,26,28H2,1-5H3/t30-,32?,33?,34+,35-,36+,37+,40+,41-,42?/m1/s1. The van der Waals surface area contributed by atoms with Gasteiger partial charge >= 0.3 is 0 Å². The SMILES string of the molecule is CC(C)CCC[C@@H](C)[C@H]1CC[C@H]2[C@@H]3CCC4CC(Oc5ccccc5C5(O)C=CC(C=CC=O)=CC5)CC[C@]4(C)[C@H]3CC[C@]12C. The number of allylic oxidation sites excluding steroid dienone is 4. The van der Waals surface area contributed by atoms with Crippen molar-refractivity contribution in [1.82, 2.24) is 0 Å². The van der Waals surface area contributed by atoms with E-state index in [4.69, 9.17) is 4.74 Å². The van der Waals surface area contributed by atoms with Gasteiger partial charge < -0.3 is 9.84 Å². The predicted octanol–water partition coefficient (Wildman–Crippen LogP) is 10.4. The van der Waals surface area contributed by atoms with Crippen LogP contribution in [0.25, 0.3) is 0 Å². The number of ether oxygens (including phenoxy) is 1. The van der Waals surface area contributed by atoms with Gasteiger partial charge in [0.15, 0.2) is 0 Å². The molecule has 0 saturated heterocycles. The monoisotopic (exact) mass is 612 g/mol. The summed E-state index contributed by atoms with van der Waals surface area (Å²) in [5, 5.41) is 11.7. The molecule has 1 aromatic carbocycles. The third-order valence-electron chi connectivity index (χ3n) is 14.0. The van der Waals surface area contributed by atoms with E-state index < -0.39 is 5.60 Å². The first kappa shape index (κ1) is 32.8. The molecule has 0 amide bonds. The van der Waals surface area contributed by atoms with E-state index in [2.05, 4.69) is 34.6 Å². The van der Waals surface area contributed by atoms with E-state index in [9.17, 15) is 9.90 Å². The Morgan fingerprint density at radius 3 is 2.49 bits per heavy atom. The minimum absolute atomic E-state index is 0.204. The lowest BCUT2D eigenvalue weighted by molar-refractivity contribution is -0.127. The highest BCUT2D eigenvalue weighted by atomic mass is 16.5.